The third-order valence-corrected chi connectivity index (χ3v) is 3.38. The van der Waals surface area contributed by atoms with E-state index in [4.69, 9.17) is 0 Å². The lowest BCUT2D eigenvalue weighted by Crippen LogP contribution is -2.17. The van der Waals surface area contributed by atoms with Crippen LogP contribution < -0.4 is 10.1 Å². The molecule has 1 aromatic rings. The molecule has 0 saturated heterocycles. The molecule has 0 fully saturated rings. The van der Waals surface area contributed by atoms with Crippen LogP contribution in [0.1, 0.15) is 24.8 Å². The van der Waals surface area contributed by atoms with Gasteiger partial charge in [0.05, 0.1) is 0 Å². The lowest BCUT2D eigenvalue weighted by molar-refractivity contribution is -0.274. The lowest BCUT2D eigenvalue weighted by Gasteiger charge is -2.09. The van der Waals surface area contributed by atoms with Crippen molar-refractivity contribution in [2.24, 2.45) is 0 Å². The largest absolute Gasteiger partial charge is 0.573 e. The summed E-state index contributed by atoms with van der Waals surface area (Å²) in [6.07, 6.45) is 1.02. The first-order chi connectivity index (χ1) is 9.51. The molecule has 20 heavy (non-hydrogen) atoms. The van der Waals surface area contributed by atoms with Gasteiger partial charge < -0.3 is 10.1 Å². The monoisotopic (exact) mass is 307 g/mol. The van der Waals surface area contributed by atoms with Crippen molar-refractivity contribution in [2.45, 2.75) is 32.2 Å². The highest BCUT2D eigenvalue weighted by molar-refractivity contribution is 7.98. The van der Waals surface area contributed by atoms with Crippen molar-refractivity contribution < 1.29 is 17.9 Å². The van der Waals surface area contributed by atoms with Crippen LogP contribution in [0.25, 0.3) is 0 Å². The van der Waals surface area contributed by atoms with Crippen molar-refractivity contribution >= 4 is 11.8 Å². The topological polar surface area (TPSA) is 21.3 Å². The number of halogens is 3. The Balaban J connectivity index is 2.18. The smallest absolute Gasteiger partial charge is 0.406 e. The highest BCUT2D eigenvalue weighted by atomic mass is 32.2. The Labute approximate surface area is 122 Å². The van der Waals surface area contributed by atoms with Crippen LogP contribution in [0.5, 0.6) is 5.75 Å². The summed E-state index contributed by atoms with van der Waals surface area (Å²) >= 11 is 1.86. The SMILES string of the molecule is CSCCCCCNCc1ccc(OC(F)(F)F)cc1. The van der Waals surface area contributed by atoms with Crippen LogP contribution in [0.15, 0.2) is 24.3 Å². The quantitative estimate of drug-likeness (QED) is 0.691. The van der Waals surface area contributed by atoms with E-state index < -0.39 is 6.36 Å². The van der Waals surface area contributed by atoms with Gasteiger partial charge in [-0.05, 0) is 49.1 Å². The summed E-state index contributed by atoms with van der Waals surface area (Å²) in [5.74, 6) is 1.01. The maximum Gasteiger partial charge on any atom is 0.573 e. The van der Waals surface area contributed by atoms with E-state index in [0.29, 0.717) is 6.54 Å². The van der Waals surface area contributed by atoms with E-state index in [9.17, 15) is 13.2 Å². The van der Waals surface area contributed by atoms with Crippen LogP contribution in [0.4, 0.5) is 13.2 Å². The average Bonchev–Trinajstić information content (AvgIpc) is 2.38. The summed E-state index contributed by atoms with van der Waals surface area (Å²) in [4.78, 5) is 0. The second-order valence-electron chi connectivity index (χ2n) is 4.42. The zero-order chi connectivity index (χ0) is 14.8. The molecule has 0 bridgehead atoms. The van der Waals surface area contributed by atoms with Crippen molar-refractivity contribution in [3.63, 3.8) is 0 Å². The van der Waals surface area contributed by atoms with Gasteiger partial charge in [-0.3, -0.25) is 0 Å². The molecular formula is C14H20F3NOS. The van der Waals surface area contributed by atoms with Gasteiger partial charge >= 0.3 is 6.36 Å². The molecule has 114 valence electrons. The second-order valence-corrected chi connectivity index (χ2v) is 5.41. The van der Waals surface area contributed by atoms with E-state index in [0.717, 1.165) is 18.5 Å². The van der Waals surface area contributed by atoms with E-state index in [1.807, 2.05) is 11.8 Å². The molecule has 1 aromatic carbocycles. The third kappa shape index (κ3) is 8.32. The molecule has 0 saturated carbocycles. The minimum atomic E-state index is -4.63. The Morgan fingerprint density at radius 3 is 2.40 bits per heavy atom. The number of thioether (sulfide) groups is 1. The lowest BCUT2D eigenvalue weighted by atomic mass is 10.2. The second kappa shape index (κ2) is 9.13. The van der Waals surface area contributed by atoms with Crippen LogP contribution in [0.2, 0.25) is 0 Å². The number of unbranched alkanes of at least 4 members (excludes halogenated alkanes) is 2. The van der Waals surface area contributed by atoms with Crippen molar-refractivity contribution in [1.29, 1.82) is 0 Å². The zero-order valence-corrected chi connectivity index (χ0v) is 12.3. The Morgan fingerprint density at radius 2 is 1.80 bits per heavy atom. The Kier molecular flexibility index (Phi) is 7.84. The van der Waals surface area contributed by atoms with E-state index in [-0.39, 0.29) is 5.75 Å². The minimum Gasteiger partial charge on any atom is -0.406 e. The highest BCUT2D eigenvalue weighted by Gasteiger charge is 2.30. The highest BCUT2D eigenvalue weighted by Crippen LogP contribution is 2.22. The van der Waals surface area contributed by atoms with Gasteiger partial charge in [-0.2, -0.15) is 11.8 Å². The van der Waals surface area contributed by atoms with Crippen molar-refractivity contribution in [3.05, 3.63) is 29.8 Å². The van der Waals surface area contributed by atoms with Crippen molar-refractivity contribution in [3.8, 4) is 5.75 Å². The molecule has 0 heterocycles. The van der Waals surface area contributed by atoms with Crippen LogP contribution in [0, 0.1) is 0 Å². The fourth-order valence-electron chi connectivity index (χ4n) is 1.71. The Hall–Kier alpha value is -0.880. The molecular weight excluding hydrogens is 287 g/mol. The van der Waals surface area contributed by atoms with Gasteiger partial charge in [-0.1, -0.05) is 18.6 Å². The van der Waals surface area contributed by atoms with Crippen LogP contribution in [-0.2, 0) is 6.54 Å². The maximum absolute atomic E-state index is 12.0. The van der Waals surface area contributed by atoms with E-state index >= 15 is 0 Å². The van der Waals surface area contributed by atoms with Gasteiger partial charge in [0, 0.05) is 6.54 Å². The molecule has 1 N–H and O–H groups in total. The number of benzene rings is 1. The summed E-state index contributed by atoms with van der Waals surface area (Å²) in [6, 6.07) is 5.95. The van der Waals surface area contributed by atoms with Crippen molar-refractivity contribution in [2.75, 3.05) is 18.6 Å². The number of rotatable bonds is 9. The van der Waals surface area contributed by atoms with Crippen LogP contribution in [-0.4, -0.2) is 24.9 Å². The molecule has 0 spiro atoms. The molecule has 0 unspecified atom stereocenters. The molecule has 2 nitrogen and oxygen atoms in total. The minimum absolute atomic E-state index is 0.182. The Bertz CT molecular complexity index is 368. The zero-order valence-electron chi connectivity index (χ0n) is 11.5. The summed E-state index contributed by atoms with van der Waals surface area (Å²) in [5, 5.41) is 3.28. The first-order valence-corrected chi connectivity index (χ1v) is 7.95. The summed E-state index contributed by atoms with van der Waals surface area (Å²) < 4.78 is 39.8. The van der Waals surface area contributed by atoms with Gasteiger partial charge in [-0.15, -0.1) is 13.2 Å². The normalized spacial score (nSPS) is 11.6. The summed E-state index contributed by atoms with van der Waals surface area (Å²) in [7, 11) is 0. The van der Waals surface area contributed by atoms with Gasteiger partial charge in [0.25, 0.3) is 0 Å². The number of ether oxygens (including phenoxy) is 1. The van der Waals surface area contributed by atoms with Crippen LogP contribution in [0.3, 0.4) is 0 Å². The molecule has 0 aliphatic rings. The fourth-order valence-corrected chi connectivity index (χ4v) is 2.21. The summed E-state index contributed by atoms with van der Waals surface area (Å²) in [5.41, 5.74) is 0.948. The van der Waals surface area contributed by atoms with Crippen LogP contribution >= 0.6 is 11.8 Å². The first kappa shape index (κ1) is 17.2. The molecule has 6 heteroatoms. The van der Waals surface area contributed by atoms with E-state index in [1.165, 1.54) is 30.7 Å². The first-order valence-electron chi connectivity index (χ1n) is 6.55. The number of alkyl halides is 3. The summed E-state index contributed by atoms with van der Waals surface area (Å²) in [6.45, 7) is 1.59. The van der Waals surface area contributed by atoms with E-state index in [2.05, 4.69) is 16.3 Å². The number of hydrogen-bond donors (Lipinski definition) is 1. The molecule has 1 rings (SSSR count). The predicted molar refractivity (Wildman–Crippen MR) is 77.1 cm³/mol. The number of hydrogen-bond acceptors (Lipinski definition) is 3. The number of nitrogens with one attached hydrogen (secondary N) is 1. The van der Waals surface area contributed by atoms with Gasteiger partial charge in [0.2, 0.25) is 0 Å². The molecule has 0 amide bonds. The van der Waals surface area contributed by atoms with Crippen molar-refractivity contribution in [1.82, 2.24) is 5.32 Å². The molecule has 0 aliphatic heterocycles. The average molecular weight is 307 g/mol. The molecule has 0 atom stereocenters. The van der Waals surface area contributed by atoms with E-state index in [1.54, 1.807) is 12.1 Å². The molecule has 0 radical (unpaired) electrons. The van der Waals surface area contributed by atoms with Gasteiger partial charge in [0.1, 0.15) is 5.75 Å². The standard InChI is InChI=1S/C14H20F3NOS/c1-20-10-4-2-3-9-18-11-12-5-7-13(8-6-12)19-14(15,16)17/h5-8,18H,2-4,9-11H2,1H3. The van der Waals surface area contributed by atoms with Gasteiger partial charge in [0.15, 0.2) is 0 Å². The fraction of sp³-hybridized carbons (Fsp3) is 0.571. The van der Waals surface area contributed by atoms with Gasteiger partial charge in [-0.25, -0.2) is 0 Å². The third-order valence-electron chi connectivity index (χ3n) is 2.69. The molecule has 0 aromatic heterocycles. The predicted octanol–water partition coefficient (Wildman–Crippen LogP) is 4.21. The maximum atomic E-state index is 12.0. The Morgan fingerprint density at radius 1 is 1.10 bits per heavy atom. The molecule has 0 aliphatic carbocycles.